The van der Waals surface area contributed by atoms with Crippen LogP contribution in [-0.2, 0) is 0 Å². The Bertz CT molecular complexity index is 686. The van der Waals surface area contributed by atoms with Crippen LogP contribution < -0.4 is 15.4 Å². The van der Waals surface area contributed by atoms with E-state index in [1.54, 1.807) is 6.07 Å². The third kappa shape index (κ3) is 4.05. The van der Waals surface area contributed by atoms with Crippen LogP contribution in [0.4, 0.5) is 5.69 Å². The van der Waals surface area contributed by atoms with Gasteiger partial charge < -0.3 is 10.1 Å². The third-order valence-corrected chi connectivity index (χ3v) is 3.26. The molecule has 2 N–H and O–H groups in total. The van der Waals surface area contributed by atoms with E-state index >= 15 is 0 Å². The van der Waals surface area contributed by atoms with Gasteiger partial charge in [0.1, 0.15) is 5.75 Å². The summed E-state index contributed by atoms with van der Waals surface area (Å²) in [5, 5.41) is 5.91. The van der Waals surface area contributed by atoms with Gasteiger partial charge in [0.2, 0.25) is 0 Å². The smallest absolute Gasteiger partial charge is 0.257 e. The van der Waals surface area contributed by atoms with Crippen LogP contribution in [0.25, 0.3) is 0 Å². The summed E-state index contributed by atoms with van der Waals surface area (Å²) in [5.41, 5.74) is 2.22. The van der Waals surface area contributed by atoms with Gasteiger partial charge >= 0.3 is 0 Å². The Morgan fingerprint density at radius 3 is 2.55 bits per heavy atom. The van der Waals surface area contributed by atoms with Gasteiger partial charge in [0.15, 0.2) is 5.11 Å². The molecule has 0 aliphatic rings. The first-order valence-corrected chi connectivity index (χ1v) is 7.42. The minimum absolute atomic E-state index is 0.232. The molecule has 0 aromatic heterocycles. The Labute approximate surface area is 135 Å². The van der Waals surface area contributed by atoms with Crippen LogP contribution in [0, 0.1) is 6.92 Å². The number of benzene rings is 2. The first-order valence-electron chi connectivity index (χ1n) is 7.01. The van der Waals surface area contributed by atoms with Crippen molar-refractivity contribution in [2.24, 2.45) is 0 Å². The molecule has 0 saturated carbocycles. The molecule has 4 nitrogen and oxygen atoms in total. The topological polar surface area (TPSA) is 50.4 Å². The molecule has 0 heterocycles. The number of ether oxygens (including phenoxy) is 1. The van der Waals surface area contributed by atoms with Crippen molar-refractivity contribution in [2.45, 2.75) is 13.8 Å². The highest BCUT2D eigenvalue weighted by molar-refractivity contribution is 7.80. The van der Waals surface area contributed by atoms with Crippen LogP contribution in [0.2, 0.25) is 0 Å². The second-order valence-electron chi connectivity index (χ2n) is 4.65. The Balaban J connectivity index is 2.05. The second kappa shape index (κ2) is 7.56. The number of rotatable bonds is 4. The second-order valence-corrected chi connectivity index (χ2v) is 5.06. The molecule has 0 fully saturated rings. The molecule has 22 heavy (non-hydrogen) atoms. The minimum Gasteiger partial charge on any atom is -0.492 e. The molecular formula is C17H18N2O2S. The van der Waals surface area contributed by atoms with E-state index in [0.717, 1.165) is 11.3 Å². The lowest BCUT2D eigenvalue weighted by Gasteiger charge is -2.14. The van der Waals surface area contributed by atoms with Crippen molar-refractivity contribution in [1.29, 1.82) is 0 Å². The predicted octanol–water partition coefficient (Wildman–Crippen LogP) is 3.52. The van der Waals surface area contributed by atoms with E-state index in [-0.39, 0.29) is 11.0 Å². The van der Waals surface area contributed by atoms with Gasteiger partial charge in [-0.05, 0) is 49.8 Å². The van der Waals surface area contributed by atoms with Crippen molar-refractivity contribution in [3.8, 4) is 5.75 Å². The molecule has 0 radical (unpaired) electrons. The lowest BCUT2D eigenvalue weighted by atomic mass is 10.1. The molecule has 0 bridgehead atoms. The molecule has 0 saturated heterocycles. The summed E-state index contributed by atoms with van der Waals surface area (Å²) >= 11 is 5.20. The number of carbonyl (C=O) groups is 1. The number of hydrogen-bond acceptors (Lipinski definition) is 3. The van der Waals surface area contributed by atoms with Gasteiger partial charge in [0.25, 0.3) is 5.91 Å². The maximum Gasteiger partial charge on any atom is 0.257 e. The van der Waals surface area contributed by atoms with Crippen molar-refractivity contribution in [1.82, 2.24) is 5.32 Å². The molecule has 2 rings (SSSR count). The highest BCUT2D eigenvalue weighted by atomic mass is 32.1. The van der Waals surface area contributed by atoms with Crippen molar-refractivity contribution in [2.75, 3.05) is 11.9 Å². The number of anilines is 1. The Morgan fingerprint density at radius 1 is 1.14 bits per heavy atom. The first kappa shape index (κ1) is 16.0. The number of nitrogens with one attached hydrogen (secondary N) is 2. The average molecular weight is 314 g/mol. The number of aryl methyl sites for hydroxylation is 1. The van der Waals surface area contributed by atoms with Crippen molar-refractivity contribution >= 4 is 28.9 Å². The van der Waals surface area contributed by atoms with Gasteiger partial charge in [-0.2, -0.15) is 0 Å². The SMILES string of the molecule is CCOc1ccccc1NC(=S)NC(=O)c1ccccc1C. The van der Waals surface area contributed by atoms with E-state index in [1.807, 2.05) is 56.3 Å². The van der Waals surface area contributed by atoms with Crippen molar-refractivity contribution < 1.29 is 9.53 Å². The maximum atomic E-state index is 12.2. The van der Waals surface area contributed by atoms with Crippen LogP contribution in [0.15, 0.2) is 48.5 Å². The number of carbonyl (C=O) groups excluding carboxylic acids is 1. The first-order chi connectivity index (χ1) is 10.6. The fourth-order valence-electron chi connectivity index (χ4n) is 2.00. The largest absolute Gasteiger partial charge is 0.492 e. The zero-order chi connectivity index (χ0) is 15.9. The van der Waals surface area contributed by atoms with E-state index in [0.29, 0.717) is 17.9 Å². The molecule has 0 spiro atoms. The number of hydrogen-bond donors (Lipinski definition) is 2. The molecule has 0 atom stereocenters. The quantitative estimate of drug-likeness (QED) is 0.848. The maximum absolute atomic E-state index is 12.2. The summed E-state index contributed by atoms with van der Waals surface area (Å²) in [6.07, 6.45) is 0. The molecule has 0 unspecified atom stereocenters. The summed E-state index contributed by atoms with van der Waals surface area (Å²) in [7, 11) is 0. The van der Waals surface area contributed by atoms with Crippen LogP contribution in [0.5, 0.6) is 5.75 Å². The van der Waals surface area contributed by atoms with E-state index in [2.05, 4.69) is 10.6 Å². The lowest BCUT2D eigenvalue weighted by molar-refractivity contribution is 0.0977. The monoisotopic (exact) mass is 314 g/mol. The predicted molar refractivity (Wildman–Crippen MR) is 92.5 cm³/mol. The Kier molecular flexibility index (Phi) is 5.49. The van der Waals surface area contributed by atoms with Crippen LogP contribution in [0.1, 0.15) is 22.8 Å². The Hall–Kier alpha value is -2.40. The van der Waals surface area contributed by atoms with E-state index in [4.69, 9.17) is 17.0 Å². The zero-order valence-electron chi connectivity index (χ0n) is 12.6. The number of para-hydroxylation sites is 2. The highest BCUT2D eigenvalue weighted by Gasteiger charge is 2.11. The molecule has 0 aliphatic carbocycles. The average Bonchev–Trinajstić information content (AvgIpc) is 2.49. The number of amides is 1. The fraction of sp³-hybridized carbons (Fsp3) is 0.176. The normalized spacial score (nSPS) is 9.91. The van der Waals surface area contributed by atoms with Gasteiger partial charge in [-0.15, -0.1) is 0 Å². The van der Waals surface area contributed by atoms with Gasteiger partial charge in [-0.25, -0.2) is 0 Å². The summed E-state index contributed by atoms with van der Waals surface area (Å²) in [5.74, 6) is 0.460. The highest BCUT2D eigenvalue weighted by Crippen LogP contribution is 2.23. The lowest BCUT2D eigenvalue weighted by Crippen LogP contribution is -2.34. The molecule has 2 aromatic rings. The van der Waals surface area contributed by atoms with E-state index in [1.165, 1.54) is 0 Å². The molecule has 0 aliphatic heterocycles. The molecule has 1 amide bonds. The van der Waals surface area contributed by atoms with Gasteiger partial charge in [0.05, 0.1) is 12.3 Å². The molecule has 114 valence electrons. The van der Waals surface area contributed by atoms with Crippen LogP contribution in [-0.4, -0.2) is 17.6 Å². The van der Waals surface area contributed by atoms with Gasteiger partial charge in [-0.1, -0.05) is 30.3 Å². The summed E-state index contributed by atoms with van der Waals surface area (Å²) in [6, 6.07) is 14.8. The standard InChI is InChI=1S/C17H18N2O2S/c1-3-21-15-11-7-6-10-14(15)18-17(22)19-16(20)13-9-5-4-8-12(13)2/h4-11H,3H2,1-2H3,(H2,18,19,20,22). The minimum atomic E-state index is -0.232. The molecule has 2 aromatic carbocycles. The van der Waals surface area contributed by atoms with Crippen molar-refractivity contribution in [3.63, 3.8) is 0 Å². The third-order valence-electron chi connectivity index (χ3n) is 3.05. The zero-order valence-corrected chi connectivity index (χ0v) is 13.4. The van der Waals surface area contributed by atoms with Gasteiger partial charge in [0, 0.05) is 5.56 Å². The summed E-state index contributed by atoms with van der Waals surface area (Å²) in [4.78, 5) is 12.2. The fourth-order valence-corrected chi connectivity index (χ4v) is 2.21. The van der Waals surface area contributed by atoms with E-state index < -0.39 is 0 Å². The Morgan fingerprint density at radius 2 is 1.82 bits per heavy atom. The van der Waals surface area contributed by atoms with E-state index in [9.17, 15) is 4.79 Å². The molecule has 5 heteroatoms. The van der Waals surface area contributed by atoms with Crippen molar-refractivity contribution in [3.05, 3.63) is 59.7 Å². The van der Waals surface area contributed by atoms with Crippen LogP contribution >= 0.6 is 12.2 Å². The van der Waals surface area contributed by atoms with Crippen LogP contribution in [0.3, 0.4) is 0 Å². The van der Waals surface area contributed by atoms with Gasteiger partial charge in [-0.3, -0.25) is 10.1 Å². The molecular weight excluding hydrogens is 296 g/mol. The summed E-state index contributed by atoms with van der Waals surface area (Å²) < 4.78 is 5.51. The summed E-state index contributed by atoms with van der Waals surface area (Å²) in [6.45, 7) is 4.35. The number of thiocarbonyl (C=S) groups is 1.